The lowest BCUT2D eigenvalue weighted by Gasteiger charge is -2.37. The molecule has 3 aliphatic rings. The minimum Gasteiger partial charge on any atom is -0.343 e. The average Bonchev–Trinajstić information content (AvgIpc) is 3.41. The number of benzene rings is 1. The van der Waals surface area contributed by atoms with Gasteiger partial charge in [0.2, 0.25) is 18.2 Å². The topological polar surface area (TPSA) is 91.6 Å². The molecule has 1 spiro atoms. The second-order valence-electron chi connectivity index (χ2n) is 7.59. The van der Waals surface area contributed by atoms with Crippen LogP contribution in [0.15, 0.2) is 35.2 Å². The van der Waals surface area contributed by atoms with E-state index in [1.54, 1.807) is 11.9 Å². The van der Waals surface area contributed by atoms with Crippen molar-refractivity contribution in [2.24, 2.45) is 5.92 Å². The van der Waals surface area contributed by atoms with Gasteiger partial charge in [0, 0.05) is 24.3 Å². The van der Waals surface area contributed by atoms with E-state index in [9.17, 15) is 9.59 Å². The Morgan fingerprint density at radius 2 is 2.30 bits per heavy atom. The standard InChI is InChI=1S/C19H21N5O3/c1-23(10-16-20-11-27-22-16)17(25)14-9-12-5-4-8-24(12)19(14)13-6-2-3-7-15(13)21-18(19)26/h2-3,6-7,11-12,14H,4-5,8-10H2,1H3,(H,21,26)/t12-,14-,19+/m1/s1. The van der Waals surface area contributed by atoms with Crippen LogP contribution in [-0.4, -0.2) is 51.4 Å². The predicted octanol–water partition coefficient (Wildman–Crippen LogP) is 1.36. The zero-order chi connectivity index (χ0) is 18.6. The number of aromatic nitrogens is 2. The van der Waals surface area contributed by atoms with Crippen molar-refractivity contribution in [3.63, 3.8) is 0 Å². The molecule has 0 radical (unpaired) electrons. The summed E-state index contributed by atoms with van der Waals surface area (Å²) < 4.78 is 4.77. The molecule has 5 rings (SSSR count). The monoisotopic (exact) mass is 367 g/mol. The Kier molecular flexibility index (Phi) is 3.58. The van der Waals surface area contributed by atoms with Crippen molar-refractivity contribution < 1.29 is 14.1 Å². The molecule has 1 N–H and O–H groups in total. The van der Waals surface area contributed by atoms with E-state index in [1.807, 2.05) is 24.3 Å². The Hall–Kier alpha value is -2.74. The van der Waals surface area contributed by atoms with Crippen molar-refractivity contribution in [2.45, 2.75) is 37.4 Å². The van der Waals surface area contributed by atoms with E-state index in [0.717, 1.165) is 30.6 Å². The van der Waals surface area contributed by atoms with Gasteiger partial charge in [0.25, 0.3) is 0 Å². The Morgan fingerprint density at radius 1 is 1.44 bits per heavy atom. The SMILES string of the molecule is CN(Cc1ncon1)C(=O)[C@H]1C[C@H]2CCCN2[C@]12C(=O)Nc1ccccc12. The molecule has 0 bridgehead atoms. The molecule has 8 nitrogen and oxygen atoms in total. The average molecular weight is 367 g/mol. The van der Waals surface area contributed by atoms with E-state index >= 15 is 0 Å². The Labute approximate surface area is 156 Å². The van der Waals surface area contributed by atoms with Crippen LogP contribution in [0.4, 0.5) is 5.69 Å². The summed E-state index contributed by atoms with van der Waals surface area (Å²) in [7, 11) is 1.73. The maximum Gasteiger partial charge on any atom is 0.250 e. The molecule has 2 saturated heterocycles. The van der Waals surface area contributed by atoms with Crippen LogP contribution in [-0.2, 0) is 21.7 Å². The molecule has 0 saturated carbocycles. The van der Waals surface area contributed by atoms with Crippen LogP contribution in [0.1, 0.15) is 30.7 Å². The summed E-state index contributed by atoms with van der Waals surface area (Å²) in [5.41, 5.74) is 0.819. The van der Waals surface area contributed by atoms with Gasteiger partial charge in [-0.2, -0.15) is 4.98 Å². The first-order valence-corrected chi connectivity index (χ1v) is 9.30. The van der Waals surface area contributed by atoms with E-state index < -0.39 is 11.5 Å². The highest BCUT2D eigenvalue weighted by Crippen LogP contribution is 2.55. The van der Waals surface area contributed by atoms with Gasteiger partial charge in [-0.3, -0.25) is 14.5 Å². The van der Waals surface area contributed by atoms with Crippen LogP contribution in [0.2, 0.25) is 0 Å². The van der Waals surface area contributed by atoms with Crippen LogP contribution >= 0.6 is 0 Å². The number of nitrogens with one attached hydrogen (secondary N) is 1. The van der Waals surface area contributed by atoms with Gasteiger partial charge in [-0.05, 0) is 31.9 Å². The second-order valence-corrected chi connectivity index (χ2v) is 7.59. The predicted molar refractivity (Wildman–Crippen MR) is 95.4 cm³/mol. The fraction of sp³-hybridized carbons (Fsp3) is 0.474. The number of fused-ring (bicyclic) bond motifs is 4. The fourth-order valence-electron chi connectivity index (χ4n) is 5.18. The van der Waals surface area contributed by atoms with Crippen molar-refractivity contribution >= 4 is 17.5 Å². The molecule has 1 aromatic heterocycles. The highest BCUT2D eigenvalue weighted by molar-refractivity contribution is 6.09. The van der Waals surface area contributed by atoms with E-state index in [2.05, 4.69) is 20.4 Å². The molecular formula is C19H21N5O3. The minimum atomic E-state index is -0.916. The molecule has 0 aliphatic carbocycles. The van der Waals surface area contributed by atoms with Crippen LogP contribution in [0.25, 0.3) is 0 Å². The molecule has 27 heavy (non-hydrogen) atoms. The highest BCUT2D eigenvalue weighted by Gasteiger charge is 2.65. The van der Waals surface area contributed by atoms with Gasteiger partial charge >= 0.3 is 0 Å². The Morgan fingerprint density at radius 3 is 3.11 bits per heavy atom. The zero-order valence-electron chi connectivity index (χ0n) is 15.1. The second kappa shape index (κ2) is 5.88. The lowest BCUT2D eigenvalue weighted by Crippen LogP contribution is -2.54. The summed E-state index contributed by atoms with van der Waals surface area (Å²) in [5, 5.41) is 6.81. The largest absolute Gasteiger partial charge is 0.343 e. The molecule has 1 aromatic carbocycles. The summed E-state index contributed by atoms with van der Waals surface area (Å²) >= 11 is 0. The van der Waals surface area contributed by atoms with Crippen LogP contribution in [0, 0.1) is 5.92 Å². The molecular weight excluding hydrogens is 346 g/mol. The van der Waals surface area contributed by atoms with Crippen molar-refractivity contribution in [2.75, 3.05) is 18.9 Å². The summed E-state index contributed by atoms with van der Waals surface area (Å²) in [5.74, 6) is -0.113. The van der Waals surface area contributed by atoms with Crippen molar-refractivity contribution in [1.82, 2.24) is 19.9 Å². The van der Waals surface area contributed by atoms with E-state index in [4.69, 9.17) is 4.52 Å². The zero-order valence-corrected chi connectivity index (χ0v) is 15.1. The molecule has 3 atom stereocenters. The first-order valence-electron chi connectivity index (χ1n) is 9.30. The Balaban J connectivity index is 1.55. The van der Waals surface area contributed by atoms with E-state index in [1.165, 1.54) is 6.39 Å². The molecule has 2 amide bonds. The molecule has 0 unspecified atom stereocenters. The number of hydrogen-bond donors (Lipinski definition) is 1. The lowest BCUT2D eigenvalue weighted by molar-refractivity contribution is -0.143. The number of rotatable bonds is 3. The van der Waals surface area contributed by atoms with Crippen LogP contribution in [0.3, 0.4) is 0 Å². The van der Waals surface area contributed by atoms with Crippen molar-refractivity contribution in [3.8, 4) is 0 Å². The van der Waals surface area contributed by atoms with Crippen LogP contribution in [0.5, 0.6) is 0 Å². The summed E-state index contributed by atoms with van der Waals surface area (Å²) in [4.78, 5) is 34.6. The third-order valence-electron chi connectivity index (χ3n) is 6.23. The number of carbonyl (C=O) groups excluding carboxylic acids is 2. The summed E-state index contributed by atoms with van der Waals surface area (Å²) in [6, 6.07) is 8.00. The smallest absolute Gasteiger partial charge is 0.250 e. The van der Waals surface area contributed by atoms with E-state index in [0.29, 0.717) is 12.2 Å². The van der Waals surface area contributed by atoms with Crippen LogP contribution < -0.4 is 5.32 Å². The number of nitrogens with zero attached hydrogens (tertiary/aromatic N) is 4. The number of amides is 2. The molecule has 140 valence electrons. The normalized spacial score (nSPS) is 29.0. The maximum absolute atomic E-state index is 13.5. The molecule has 3 aliphatic heterocycles. The van der Waals surface area contributed by atoms with Gasteiger partial charge in [-0.15, -0.1) is 0 Å². The highest BCUT2D eigenvalue weighted by atomic mass is 16.5. The quantitative estimate of drug-likeness (QED) is 0.881. The lowest BCUT2D eigenvalue weighted by atomic mass is 9.78. The van der Waals surface area contributed by atoms with Crippen molar-refractivity contribution in [3.05, 3.63) is 42.0 Å². The van der Waals surface area contributed by atoms with Gasteiger partial charge in [-0.25, -0.2) is 0 Å². The third kappa shape index (κ3) is 2.19. The minimum absolute atomic E-state index is 0.0546. The van der Waals surface area contributed by atoms with Gasteiger partial charge in [0.15, 0.2) is 5.82 Å². The Bertz CT molecular complexity index is 899. The molecule has 8 heteroatoms. The first kappa shape index (κ1) is 16.4. The van der Waals surface area contributed by atoms with Gasteiger partial charge < -0.3 is 14.7 Å². The van der Waals surface area contributed by atoms with Crippen molar-refractivity contribution in [1.29, 1.82) is 0 Å². The number of hydrogen-bond acceptors (Lipinski definition) is 6. The fourth-order valence-corrected chi connectivity index (χ4v) is 5.18. The third-order valence-corrected chi connectivity index (χ3v) is 6.23. The molecule has 2 fully saturated rings. The van der Waals surface area contributed by atoms with Gasteiger partial charge in [0.1, 0.15) is 5.54 Å². The van der Waals surface area contributed by atoms with Gasteiger partial charge in [-0.1, -0.05) is 23.4 Å². The first-order chi connectivity index (χ1) is 13.1. The number of anilines is 1. The summed E-state index contributed by atoms with van der Waals surface area (Å²) in [6.07, 6.45) is 4.02. The number of carbonyl (C=O) groups is 2. The summed E-state index contributed by atoms with van der Waals surface area (Å²) in [6.45, 7) is 1.10. The van der Waals surface area contributed by atoms with Gasteiger partial charge in [0.05, 0.1) is 12.5 Å². The molecule has 4 heterocycles. The maximum atomic E-state index is 13.5. The van der Waals surface area contributed by atoms with E-state index in [-0.39, 0.29) is 24.4 Å². The number of para-hydroxylation sites is 1. The molecule has 2 aromatic rings.